The molecule has 2 heterocycles. The van der Waals surface area contributed by atoms with Crippen molar-refractivity contribution in [2.75, 3.05) is 42.6 Å². The van der Waals surface area contributed by atoms with Gasteiger partial charge in [-0.05, 0) is 24.3 Å². The predicted molar refractivity (Wildman–Crippen MR) is 76.3 cm³/mol. The number of hydrogen-bond acceptors (Lipinski definition) is 5. The predicted octanol–water partition coefficient (Wildman–Crippen LogP) is 0.334. The quantitative estimate of drug-likeness (QED) is 0.867. The van der Waals surface area contributed by atoms with Gasteiger partial charge >= 0.3 is 6.09 Å². The maximum absolute atomic E-state index is 11.8. The van der Waals surface area contributed by atoms with Crippen molar-refractivity contribution >= 4 is 23.4 Å². The molecule has 0 bridgehead atoms. The molecule has 0 unspecified atom stereocenters. The number of carbonyl (C=O) groups excluding carboxylic acids is 2. The minimum absolute atomic E-state index is 0.0576. The van der Waals surface area contributed by atoms with Crippen molar-refractivity contribution in [2.45, 2.75) is 6.10 Å². The average Bonchev–Trinajstić information content (AvgIpc) is 2.89. The highest BCUT2D eigenvalue weighted by Gasteiger charge is 2.31. The zero-order valence-electron chi connectivity index (χ0n) is 11.5. The Morgan fingerprint density at radius 1 is 1.14 bits per heavy atom. The van der Waals surface area contributed by atoms with Crippen LogP contribution in [0.1, 0.15) is 0 Å². The lowest BCUT2D eigenvalue weighted by atomic mass is 10.2. The summed E-state index contributed by atoms with van der Waals surface area (Å²) in [6, 6.07) is 7.25. The minimum Gasteiger partial charge on any atom is -0.443 e. The maximum atomic E-state index is 11.8. The molecular weight excluding hydrogens is 274 g/mol. The molecule has 0 spiro atoms. The Morgan fingerprint density at radius 3 is 2.38 bits per heavy atom. The van der Waals surface area contributed by atoms with Gasteiger partial charge in [0.1, 0.15) is 12.7 Å². The molecule has 0 aliphatic carbocycles. The van der Waals surface area contributed by atoms with Crippen LogP contribution in [0, 0.1) is 0 Å². The number of hydrogen-bond donors (Lipinski definition) is 1. The lowest BCUT2D eigenvalue weighted by Crippen LogP contribution is -2.41. The van der Waals surface area contributed by atoms with Gasteiger partial charge in [-0.1, -0.05) is 0 Å². The Bertz CT molecular complexity index is 546. The van der Waals surface area contributed by atoms with E-state index in [4.69, 9.17) is 15.2 Å². The van der Waals surface area contributed by atoms with E-state index in [1.54, 1.807) is 21.9 Å². The van der Waals surface area contributed by atoms with Crippen LogP contribution in [-0.4, -0.2) is 51.0 Å². The van der Waals surface area contributed by atoms with E-state index in [0.29, 0.717) is 26.2 Å². The number of rotatable bonds is 3. The van der Waals surface area contributed by atoms with Crippen molar-refractivity contribution < 1.29 is 19.1 Å². The van der Waals surface area contributed by atoms with Crippen molar-refractivity contribution in [2.24, 2.45) is 5.73 Å². The monoisotopic (exact) mass is 291 g/mol. The fourth-order valence-corrected chi connectivity index (χ4v) is 2.46. The van der Waals surface area contributed by atoms with Crippen molar-refractivity contribution in [1.29, 1.82) is 0 Å². The van der Waals surface area contributed by atoms with Gasteiger partial charge in [-0.15, -0.1) is 0 Å². The highest BCUT2D eigenvalue weighted by atomic mass is 16.6. The van der Waals surface area contributed by atoms with Gasteiger partial charge in [-0.2, -0.15) is 0 Å². The number of amides is 2. The number of nitrogens with zero attached hydrogens (tertiary/aromatic N) is 2. The average molecular weight is 291 g/mol. The summed E-state index contributed by atoms with van der Waals surface area (Å²) in [5, 5.41) is 0. The van der Waals surface area contributed by atoms with Crippen molar-refractivity contribution in [3.05, 3.63) is 24.3 Å². The standard InChI is InChI=1S/C14H17N3O4/c15-7-12-8-17(14(19)21-12)11-3-1-10(2-4-11)16-5-6-20-9-13(16)18/h1-4,12H,5-9,15H2/t12-/m1/s1. The van der Waals surface area contributed by atoms with Crippen LogP contribution in [0.5, 0.6) is 0 Å². The molecule has 2 aliphatic heterocycles. The number of ether oxygens (including phenoxy) is 2. The van der Waals surface area contributed by atoms with Crippen LogP contribution >= 0.6 is 0 Å². The normalized spacial score (nSPS) is 22.6. The summed E-state index contributed by atoms with van der Waals surface area (Å²) in [4.78, 5) is 26.7. The molecule has 2 N–H and O–H groups in total. The highest BCUT2D eigenvalue weighted by molar-refractivity contribution is 5.95. The van der Waals surface area contributed by atoms with Crippen LogP contribution in [-0.2, 0) is 14.3 Å². The summed E-state index contributed by atoms with van der Waals surface area (Å²) >= 11 is 0. The molecule has 2 fully saturated rings. The van der Waals surface area contributed by atoms with Gasteiger partial charge in [0.05, 0.1) is 13.2 Å². The third-order valence-corrected chi connectivity index (χ3v) is 3.60. The summed E-state index contributed by atoms with van der Waals surface area (Å²) in [5.41, 5.74) is 7.05. The van der Waals surface area contributed by atoms with E-state index in [0.717, 1.165) is 11.4 Å². The van der Waals surface area contributed by atoms with Gasteiger partial charge in [-0.25, -0.2) is 4.79 Å². The highest BCUT2D eigenvalue weighted by Crippen LogP contribution is 2.25. The zero-order valence-corrected chi connectivity index (χ0v) is 11.5. The molecule has 1 atom stereocenters. The first kappa shape index (κ1) is 13.8. The summed E-state index contributed by atoms with van der Waals surface area (Å²) in [5.74, 6) is -0.0576. The molecule has 112 valence electrons. The first-order chi connectivity index (χ1) is 10.2. The number of cyclic esters (lactones) is 1. The van der Waals surface area contributed by atoms with Gasteiger partial charge in [-0.3, -0.25) is 9.69 Å². The van der Waals surface area contributed by atoms with E-state index in [1.807, 2.05) is 12.1 Å². The molecule has 1 aromatic rings. The first-order valence-corrected chi connectivity index (χ1v) is 6.85. The van der Waals surface area contributed by atoms with Gasteiger partial charge in [0, 0.05) is 24.5 Å². The van der Waals surface area contributed by atoms with E-state index in [9.17, 15) is 9.59 Å². The number of anilines is 2. The van der Waals surface area contributed by atoms with Crippen LogP contribution in [0.15, 0.2) is 24.3 Å². The molecular formula is C14H17N3O4. The molecule has 21 heavy (non-hydrogen) atoms. The van der Waals surface area contributed by atoms with Gasteiger partial charge in [0.25, 0.3) is 5.91 Å². The molecule has 0 radical (unpaired) electrons. The molecule has 2 amide bonds. The second-order valence-electron chi connectivity index (χ2n) is 4.97. The Hall–Kier alpha value is -2.12. The smallest absolute Gasteiger partial charge is 0.414 e. The first-order valence-electron chi connectivity index (χ1n) is 6.85. The topological polar surface area (TPSA) is 85.1 Å². The lowest BCUT2D eigenvalue weighted by molar-refractivity contribution is -0.125. The van der Waals surface area contributed by atoms with Crippen LogP contribution in [0.25, 0.3) is 0 Å². The molecule has 1 aromatic carbocycles. The number of benzene rings is 1. The number of nitrogens with two attached hydrogens (primary N) is 1. The van der Waals surface area contributed by atoms with E-state index in [1.165, 1.54) is 0 Å². The van der Waals surface area contributed by atoms with Gasteiger partial charge in [0.2, 0.25) is 0 Å². The van der Waals surface area contributed by atoms with Gasteiger partial charge < -0.3 is 20.1 Å². The maximum Gasteiger partial charge on any atom is 0.414 e. The Morgan fingerprint density at radius 2 is 1.81 bits per heavy atom. The third-order valence-electron chi connectivity index (χ3n) is 3.60. The fourth-order valence-electron chi connectivity index (χ4n) is 2.46. The van der Waals surface area contributed by atoms with Crippen molar-refractivity contribution in [3.63, 3.8) is 0 Å². The molecule has 7 heteroatoms. The molecule has 2 saturated heterocycles. The lowest BCUT2D eigenvalue weighted by Gasteiger charge is -2.27. The van der Waals surface area contributed by atoms with Crippen LogP contribution in [0.3, 0.4) is 0 Å². The largest absolute Gasteiger partial charge is 0.443 e. The molecule has 7 nitrogen and oxygen atoms in total. The SMILES string of the molecule is NC[C@@H]1CN(c2ccc(N3CCOCC3=O)cc2)C(=O)O1. The second-order valence-corrected chi connectivity index (χ2v) is 4.97. The summed E-state index contributed by atoms with van der Waals surface area (Å²) in [6.45, 7) is 1.94. The molecule has 0 aromatic heterocycles. The number of carbonyl (C=O) groups is 2. The Balaban J connectivity index is 1.75. The van der Waals surface area contributed by atoms with Crippen LogP contribution < -0.4 is 15.5 Å². The zero-order chi connectivity index (χ0) is 14.8. The van der Waals surface area contributed by atoms with Crippen molar-refractivity contribution in [1.82, 2.24) is 0 Å². The third kappa shape index (κ3) is 2.70. The van der Waals surface area contributed by atoms with E-state index < -0.39 is 0 Å². The second kappa shape index (κ2) is 5.71. The minimum atomic E-state index is -0.388. The van der Waals surface area contributed by atoms with Crippen LogP contribution in [0.2, 0.25) is 0 Å². The fraction of sp³-hybridized carbons (Fsp3) is 0.429. The van der Waals surface area contributed by atoms with E-state index in [2.05, 4.69) is 0 Å². The van der Waals surface area contributed by atoms with Crippen LogP contribution in [0.4, 0.5) is 16.2 Å². The molecule has 2 aliphatic rings. The molecule has 3 rings (SSSR count). The Labute approximate surface area is 122 Å². The van der Waals surface area contributed by atoms with E-state index in [-0.39, 0.29) is 24.7 Å². The van der Waals surface area contributed by atoms with E-state index >= 15 is 0 Å². The Kier molecular flexibility index (Phi) is 3.76. The van der Waals surface area contributed by atoms with Crippen molar-refractivity contribution in [3.8, 4) is 0 Å². The number of morpholine rings is 1. The molecule has 0 saturated carbocycles. The summed E-state index contributed by atoms with van der Waals surface area (Å²) in [6.07, 6.45) is -0.654. The summed E-state index contributed by atoms with van der Waals surface area (Å²) < 4.78 is 10.2. The summed E-state index contributed by atoms with van der Waals surface area (Å²) in [7, 11) is 0. The van der Waals surface area contributed by atoms with Gasteiger partial charge in [0.15, 0.2) is 0 Å².